The molecule has 1 aliphatic rings. The Hall–Kier alpha value is -1.54. The van der Waals surface area contributed by atoms with Gasteiger partial charge in [-0.2, -0.15) is 5.26 Å². The van der Waals surface area contributed by atoms with Crippen molar-refractivity contribution in [2.45, 2.75) is 32.2 Å². The summed E-state index contributed by atoms with van der Waals surface area (Å²) in [5, 5.41) is 13.0. The number of thiophene rings is 1. The van der Waals surface area contributed by atoms with E-state index in [1.54, 1.807) is 6.92 Å². The standard InChI is InChI=1S/C11H13N3OS/c1-2-8(15)10-9(13)7(5-12)11(16-10)14-6-3-4-6/h6,14H,2-4,13H2,1H3. The van der Waals surface area contributed by atoms with E-state index in [0.29, 0.717) is 28.6 Å². The van der Waals surface area contributed by atoms with E-state index >= 15 is 0 Å². The lowest BCUT2D eigenvalue weighted by atomic mass is 10.2. The Labute approximate surface area is 98.1 Å². The number of ketones is 1. The minimum atomic E-state index is 0.00264. The van der Waals surface area contributed by atoms with Crippen LogP contribution >= 0.6 is 11.3 Å². The summed E-state index contributed by atoms with van der Waals surface area (Å²) in [6.07, 6.45) is 2.66. The Bertz CT molecular complexity index is 468. The first-order valence-electron chi connectivity index (χ1n) is 5.29. The number of rotatable bonds is 4. The molecule has 1 fully saturated rings. The Morgan fingerprint density at radius 3 is 2.88 bits per heavy atom. The average Bonchev–Trinajstić information content (AvgIpc) is 3.03. The van der Waals surface area contributed by atoms with Crippen molar-refractivity contribution in [3.05, 3.63) is 10.4 Å². The number of hydrogen-bond acceptors (Lipinski definition) is 5. The van der Waals surface area contributed by atoms with Crippen LogP contribution in [0.25, 0.3) is 0 Å². The van der Waals surface area contributed by atoms with Gasteiger partial charge in [0.05, 0.1) is 10.6 Å². The van der Waals surface area contributed by atoms with Gasteiger partial charge < -0.3 is 11.1 Å². The molecule has 2 rings (SSSR count). The van der Waals surface area contributed by atoms with Gasteiger partial charge in [0.15, 0.2) is 5.78 Å². The first-order valence-corrected chi connectivity index (χ1v) is 6.11. The molecule has 0 aliphatic heterocycles. The van der Waals surface area contributed by atoms with Crippen LogP contribution in [0.15, 0.2) is 0 Å². The van der Waals surface area contributed by atoms with Gasteiger partial charge in [-0.3, -0.25) is 4.79 Å². The molecule has 0 aromatic carbocycles. The van der Waals surface area contributed by atoms with E-state index in [4.69, 9.17) is 11.0 Å². The topological polar surface area (TPSA) is 78.9 Å². The first kappa shape index (κ1) is 11.0. The highest BCUT2D eigenvalue weighted by atomic mass is 32.1. The van der Waals surface area contributed by atoms with Crippen LogP contribution in [-0.4, -0.2) is 11.8 Å². The van der Waals surface area contributed by atoms with E-state index in [-0.39, 0.29) is 5.78 Å². The number of nitriles is 1. The number of nitrogens with one attached hydrogen (secondary N) is 1. The first-order chi connectivity index (χ1) is 7.67. The van der Waals surface area contributed by atoms with Gasteiger partial charge in [-0.05, 0) is 12.8 Å². The van der Waals surface area contributed by atoms with E-state index in [1.165, 1.54) is 11.3 Å². The number of Topliss-reactive ketones (excluding diaryl/α,β-unsaturated/α-hetero) is 1. The molecule has 3 N–H and O–H groups in total. The molecular formula is C11H13N3OS. The van der Waals surface area contributed by atoms with Crippen molar-refractivity contribution >= 4 is 27.8 Å². The number of nitrogen functional groups attached to an aromatic ring is 1. The SMILES string of the molecule is CCC(=O)c1sc(NC2CC2)c(C#N)c1N. The highest BCUT2D eigenvalue weighted by Crippen LogP contribution is 2.38. The summed E-state index contributed by atoms with van der Waals surface area (Å²) in [7, 11) is 0. The van der Waals surface area contributed by atoms with Crippen molar-refractivity contribution in [2.75, 3.05) is 11.1 Å². The van der Waals surface area contributed by atoms with Crippen molar-refractivity contribution in [1.29, 1.82) is 5.26 Å². The van der Waals surface area contributed by atoms with E-state index in [9.17, 15) is 4.79 Å². The van der Waals surface area contributed by atoms with Crippen molar-refractivity contribution in [3.63, 3.8) is 0 Å². The lowest BCUT2D eigenvalue weighted by Crippen LogP contribution is -2.01. The molecule has 16 heavy (non-hydrogen) atoms. The molecule has 1 saturated carbocycles. The Morgan fingerprint density at radius 1 is 1.69 bits per heavy atom. The molecule has 4 nitrogen and oxygen atoms in total. The van der Waals surface area contributed by atoms with E-state index < -0.39 is 0 Å². The fourth-order valence-electron chi connectivity index (χ4n) is 1.44. The lowest BCUT2D eigenvalue weighted by molar-refractivity contribution is 0.0993. The molecule has 84 valence electrons. The van der Waals surface area contributed by atoms with Crippen LogP contribution in [0.4, 0.5) is 10.7 Å². The Balaban J connectivity index is 2.37. The third-order valence-electron chi connectivity index (χ3n) is 2.54. The molecule has 1 heterocycles. The predicted molar refractivity (Wildman–Crippen MR) is 64.7 cm³/mol. The maximum absolute atomic E-state index is 11.6. The van der Waals surface area contributed by atoms with Crippen LogP contribution in [0.3, 0.4) is 0 Å². The zero-order valence-corrected chi connectivity index (χ0v) is 9.86. The van der Waals surface area contributed by atoms with Gasteiger partial charge in [0.25, 0.3) is 0 Å². The minimum absolute atomic E-state index is 0.00264. The van der Waals surface area contributed by atoms with Crippen LogP contribution < -0.4 is 11.1 Å². The molecule has 1 aliphatic carbocycles. The number of nitrogens with zero attached hydrogens (tertiary/aromatic N) is 1. The van der Waals surface area contributed by atoms with Crippen molar-refractivity contribution in [2.24, 2.45) is 0 Å². The summed E-state index contributed by atoms with van der Waals surface area (Å²) < 4.78 is 0. The third-order valence-corrected chi connectivity index (χ3v) is 3.72. The van der Waals surface area contributed by atoms with Gasteiger partial charge in [0.2, 0.25) is 0 Å². The fourth-order valence-corrected chi connectivity index (χ4v) is 2.59. The number of carbonyl (C=O) groups excluding carboxylic acids is 1. The van der Waals surface area contributed by atoms with Crippen molar-refractivity contribution in [1.82, 2.24) is 0 Å². The van der Waals surface area contributed by atoms with E-state index in [2.05, 4.69) is 11.4 Å². The lowest BCUT2D eigenvalue weighted by Gasteiger charge is -1.99. The summed E-state index contributed by atoms with van der Waals surface area (Å²) in [5.74, 6) is 0.00264. The van der Waals surface area contributed by atoms with Crippen LogP contribution in [0.5, 0.6) is 0 Å². The highest BCUT2D eigenvalue weighted by molar-refractivity contribution is 7.19. The molecule has 0 atom stereocenters. The number of hydrogen-bond donors (Lipinski definition) is 2. The number of nitrogens with two attached hydrogens (primary N) is 1. The Kier molecular flexibility index (Phi) is 2.84. The molecule has 1 aromatic rings. The summed E-state index contributed by atoms with van der Waals surface area (Å²) in [4.78, 5) is 12.1. The molecule has 0 bridgehead atoms. The van der Waals surface area contributed by atoms with Crippen molar-refractivity contribution < 1.29 is 4.79 Å². The molecular weight excluding hydrogens is 222 g/mol. The predicted octanol–water partition coefficient (Wildman–Crippen LogP) is 2.37. The second-order valence-corrected chi connectivity index (χ2v) is 4.88. The summed E-state index contributed by atoms with van der Waals surface area (Å²) in [6.45, 7) is 1.79. The Morgan fingerprint density at radius 2 is 2.38 bits per heavy atom. The van der Waals surface area contributed by atoms with Gasteiger partial charge >= 0.3 is 0 Å². The van der Waals surface area contributed by atoms with Gasteiger partial charge in [-0.1, -0.05) is 6.92 Å². The summed E-state index contributed by atoms with van der Waals surface area (Å²) >= 11 is 1.30. The average molecular weight is 235 g/mol. The summed E-state index contributed by atoms with van der Waals surface area (Å²) in [6, 6.07) is 2.52. The van der Waals surface area contributed by atoms with Crippen molar-refractivity contribution in [3.8, 4) is 6.07 Å². The molecule has 5 heteroatoms. The van der Waals surface area contributed by atoms with Crippen LogP contribution in [0.2, 0.25) is 0 Å². The minimum Gasteiger partial charge on any atom is -0.396 e. The zero-order valence-electron chi connectivity index (χ0n) is 9.04. The maximum atomic E-state index is 11.6. The second kappa shape index (κ2) is 4.14. The third kappa shape index (κ3) is 1.89. The maximum Gasteiger partial charge on any atom is 0.174 e. The van der Waals surface area contributed by atoms with E-state index in [0.717, 1.165) is 17.8 Å². The smallest absolute Gasteiger partial charge is 0.174 e. The van der Waals surface area contributed by atoms with Gasteiger partial charge in [0.1, 0.15) is 16.6 Å². The normalized spacial score (nSPS) is 14.5. The molecule has 1 aromatic heterocycles. The molecule has 0 spiro atoms. The van der Waals surface area contributed by atoms with Crippen LogP contribution in [0, 0.1) is 11.3 Å². The summed E-state index contributed by atoms with van der Waals surface area (Å²) in [5.41, 5.74) is 6.57. The zero-order chi connectivity index (χ0) is 11.7. The van der Waals surface area contributed by atoms with Gasteiger partial charge in [-0.15, -0.1) is 11.3 Å². The second-order valence-electron chi connectivity index (χ2n) is 3.86. The largest absolute Gasteiger partial charge is 0.396 e. The number of anilines is 2. The molecule has 0 amide bonds. The monoisotopic (exact) mass is 235 g/mol. The van der Waals surface area contributed by atoms with Crippen LogP contribution in [-0.2, 0) is 0 Å². The van der Waals surface area contributed by atoms with Gasteiger partial charge in [-0.25, -0.2) is 0 Å². The fraction of sp³-hybridized carbons (Fsp3) is 0.455. The molecule has 0 unspecified atom stereocenters. The van der Waals surface area contributed by atoms with E-state index in [1.807, 2.05) is 0 Å². The van der Waals surface area contributed by atoms with Crippen LogP contribution in [0.1, 0.15) is 41.4 Å². The number of carbonyl (C=O) groups is 1. The molecule has 0 radical (unpaired) electrons. The quantitative estimate of drug-likeness (QED) is 0.785. The van der Waals surface area contributed by atoms with Gasteiger partial charge in [0, 0.05) is 12.5 Å². The molecule has 0 saturated heterocycles. The highest BCUT2D eigenvalue weighted by Gasteiger charge is 2.26.